The van der Waals surface area contributed by atoms with Gasteiger partial charge in [0.05, 0.1) is 0 Å². The van der Waals surface area contributed by atoms with Crippen molar-refractivity contribution in [3.8, 4) is 0 Å². The molecule has 2 unspecified atom stereocenters. The minimum absolute atomic E-state index is 0.954. The summed E-state index contributed by atoms with van der Waals surface area (Å²) in [6, 6.07) is 1.91. The summed E-state index contributed by atoms with van der Waals surface area (Å²) in [5.41, 5.74) is 0. The van der Waals surface area contributed by atoms with E-state index < -0.39 is 0 Å². The van der Waals surface area contributed by atoms with Crippen LogP contribution in [-0.2, 0) is 0 Å². The zero-order chi connectivity index (χ0) is 10.3. The highest BCUT2D eigenvalue weighted by Gasteiger charge is 2.40. The molecule has 1 nitrogen and oxygen atoms in total. The van der Waals surface area contributed by atoms with E-state index in [0.717, 1.165) is 23.9 Å². The van der Waals surface area contributed by atoms with Crippen molar-refractivity contribution in [2.45, 2.75) is 69.9 Å². The van der Waals surface area contributed by atoms with Gasteiger partial charge in [-0.2, -0.15) is 0 Å². The summed E-state index contributed by atoms with van der Waals surface area (Å²) >= 11 is 0. The summed E-state index contributed by atoms with van der Waals surface area (Å²) in [5.74, 6) is 2.20. The molecule has 2 heterocycles. The van der Waals surface area contributed by atoms with Gasteiger partial charge in [0, 0.05) is 12.1 Å². The van der Waals surface area contributed by atoms with Crippen molar-refractivity contribution in [1.82, 2.24) is 4.90 Å². The lowest BCUT2D eigenvalue weighted by atomic mass is 9.74. The molecule has 0 radical (unpaired) electrons. The van der Waals surface area contributed by atoms with Crippen LogP contribution in [0.1, 0.15) is 57.8 Å². The van der Waals surface area contributed by atoms with Gasteiger partial charge in [-0.25, -0.2) is 0 Å². The van der Waals surface area contributed by atoms with E-state index in [4.69, 9.17) is 0 Å². The molecule has 1 heteroatoms. The van der Waals surface area contributed by atoms with Gasteiger partial charge in [-0.15, -0.1) is 0 Å². The van der Waals surface area contributed by atoms with Crippen LogP contribution in [0.3, 0.4) is 0 Å². The van der Waals surface area contributed by atoms with Crippen LogP contribution in [0, 0.1) is 11.8 Å². The number of hydrogen-bond acceptors (Lipinski definition) is 1. The molecule has 1 saturated carbocycles. The van der Waals surface area contributed by atoms with Crippen molar-refractivity contribution < 1.29 is 0 Å². The largest absolute Gasteiger partial charge is 0.300 e. The van der Waals surface area contributed by atoms with Gasteiger partial charge in [0.15, 0.2) is 0 Å². The maximum Gasteiger partial charge on any atom is 0.00984 e. The van der Waals surface area contributed by atoms with Crippen LogP contribution in [0.5, 0.6) is 0 Å². The predicted molar refractivity (Wildman–Crippen MR) is 63.9 cm³/mol. The Kier molecular flexibility index (Phi) is 2.76. The first kappa shape index (κ1) is 10.1. The van der Waals surface area contributed by atoms with Crippen molar-refractivity contribution in [1.29, 1.82) is 0 Å². The zero-order valence-corrected chi connectivity index (χ0v) is 10.1. The average Bonchev–Trinajstić information content (AvgIpc) is 2.54. The monoisotopic (exact) mass is 207 g/mol. The molecule has 2 aliphatic heterocycles. The Balaban J connectivity index is 1.64. The highest BCUT2D eigenvalue weighted by atomic mass is 15.2. The Morgan fingerprint density at radius 1 is 0.733 bits per heavy atom. The SMILES string of the molecule is CN1C2CCC1CC(C1CCCCC1)C2. The van der Waals surface area contributed by atoms with E-state index in [1.165, 1.54) is 44.9 Å². The highest BCUT2D eigenvalue weighted by Crippen LogP contribution is 2.44. The van der Waals surface area contributed by atoms with E-state index in [1.54, 1.807) is 12.8 Å². The first-order valence-corrected chi connectivity index (χ1v) is 7.06. The fraction of sp³-hybridized carbons (Fsp3) is 1.00. The summed E-state index contributed by atoms with van der Waals surface area (Å²) in [6.07, 6.45) is 13.7. The van der Waals surface area contributed by atoms with Crippen molar-refractivity contribution in [3.63, 3.8) is 0 Å². The summed E-state index contributed by atoms with van der Waals surface area (Å²) in [7, 11) is 2.36. The smallest absolute Gasteiger partial charge is 0.00984 e. The van der Waals surface area contributed by atoms with Crippen molar-refractivity contribution in [2.75, 3.05) is 7.05 Å². The van der Waals surface area contributed by atoms with Crippen LogP contribution in [0.15, 0.2) is 0 Å². The van der Waals surface area contributed by atoms with Crippen molar-refractivity contribution in [2.24, 2.45) is 11.8 Å². The Bertz CT molecular complexity index is 205. The number of nitrogens with zero attached hydrogens (tertiary/aromatic N) is 1. The van der Waals surface area contributed by atoms with E-state index >= 15 is 0 Å². The number of fused-ring (bicyclic) bond motifs is 2. The zero-order valence-electron chi connectivity index (χ0n) is 10.1. The summed E-state index contributed by atoms with van der Waals surface area (Å²) in [4.78, 5) is 2.68. The molecule has 15 heavy (non-hydrogen) atoms. The molecule has 0 aromatic heterocycles. The van der Waals surface area contributed by atoms with Crippen LogP contribution in [0.4, 0.5) is 0 Å². The van der Waals surface area contributed by atoms with Gasteiger partial charge in [-0.1, -0.05) is 32.1 Å². The molecule has 1 aliphatic carbocycles. The number of piperidine rings is 1. The molecule has 0 spiro atoms. The maximum atomic E-state index is 2.68. The standard InChI is InChI=1S/C14H25N/c1-15-13-7-8-14(15)10-12(9-13)11-5-3-2-4-6-11/h11-14H,2-10H2,1H3. The second-order valence-corrected chi connectivity index (χ2v) is 6.18. The first-order chi connectivity index (χ1) is 7.34. The molecular formula is C14H25N. The third-order valence-electron chi connectivity index (χ3n) is 5.45. The first-order valence-electron chi connectivity index (χ1n) is 7.06. The van der Waals surface area contributed by atoms with Gasteiger partial charge in [0.1, 0.15) is 0 Å². The normalized spacial score (nSPS) is 43.4. The topological polar surface area (TPSA) is 3.24 Å². The molecule has 0 N–H and O–H groups in total. The number of hydrogen-bond donors (Lipinski definition) is 0. The molecule has 0 aromatic rings. The molecule has 2 bridgehead atoms. The van der Waals surface area contributed by atoms with Gasteiger partial charge in [-0.3, -0.25) is 0 Å². The van der Waals surface area contributed by atoms with Gasteiger partial charge < -0.3 is 4.90 Å². The summed E-state index contributed by atoms with van der Waals surface area (Å²) in [6.45, 7) is 0. The van der Waals surface area contributed by atoms with Crippen molar-refractivity contribution in [3.05, 3.63) is 0 Å². The second kappa shape index (κ2) is 4.08. The van der Waals surface area contributed by atoms with Gasteiger partial charge in [-0.05, 0) is 44.6 Å². The lowest BCUT2D eigenvalue weighted by molar-refractivity contribution is 0.0877. The van der Waals surface area contributed by atoms with Crippen LogP contribution in [0.25, 0.3) is 0 Å². The van der Waals surface area contributed by atoms with E-state index in [-0.39, 0.29) is 0 Å². The van der Waals surface area contributed by atoms with Gasteiger partial charge in [0.2, 0.25) is 0 Å². The maximum absolute atomic E-state index is 2.68. The fourth-order valence-corrected chi connectivity index (χ4v) is 4.44. The van der Waals surface area contributed by atoms with Crippen LogP contribution >= 0.6 is 0 Å². The van der Waals surface area contributed by atoms with E-state index in [9.17, 15) is 0 Å². The third-order valence-corrected chi connectivity index (χ3v) is 5.45. The lowest BCUT2D eigenvalue weighted by Crippen LogP contribution is -2.42. The van der Waals surface area contributed by atoms with Gasteiger partial charge >= 0.3 is 0 Å². The summed E-state index contributed by atoms with van der Waals surface area (Å²) < 4.78 is 0. The molecule has 3 fully saturated rings. The van der Waals surface area contributed by atoms with Crippen LogP contribution in [-0.4, -0.2) is 24.0 Å². The quantitative estimate of drug-likeness (QED) is 0.636. The Morgan fingerprint density at radius 3 is 1.93 bits per heavy atom. The molecule has 0 aromatic carbocycles. The predicted octanol–water partition coefficient (Wildman–Crippen LogP) is 3.44. The van der Waals surface area contributed by atoms with Crippen LogP contribution < -0.4 is 0 Å². The average molecular weight is 207 g/mol. The molecule has 3 rings (SSSR count). The third kappa shape index (κ3) is 1.84. The minimum Gasteiger partial charge on any atom is -0.300 e. The molecule has 86 valence electrons. The molecule has 0 amide bonds. The second-order valence-electron chi connectivity index (χ2n) is 6.18. The highest BCUT2D eigenvalue weighted by molar-refractivity contribution is 4.95. The van der Waals surface area contributed by atoms with E-state index in [2.05, 4.69) is 11.9 Å². The van der Waals surface area contributed by atoms with Crippen LogP contribution in [0.2, 0.25) is 0 Å². The van der Waals surface area contributed by atoms with Gasteiger partial charge in [0.25, 0.3) is 0 Å². The van der Waals surface area contributed by atoms with E-state index in [1.807, 2.05) is 0 Å². The molecule has 3 aliphatic rings. The lowest BCUT2D eigenvalue weighted by Gasteiger charge is -2.41. The Morgan fingerprint density at radius 2 is 1.33 bits per heavy atom. The minimum atomic E-state index is 0.954. The molecule has 2 atom stereocenters. The fourth-order valence-electron chi connectivity index (χ4n) is 4.44. The molecular weight excluding hydrogens is 182 g/mol. The van der Waals surface area contributed by atoms with E-state index in [0.29, 0.717) is 0 Å². The number of rotatable bonds is 1. The summed E-state index contributed by atoms with van der Waals surface area (Å²) in [5, 5.41) is 0. The Labute approximate surface area is 94.2 Å². The molecule has 2 saturated heterocycles. The Hall–Kier alpha value is -0.0400. The van der Waals surface area contributed by atoms with Crippen molar-refractivity contribution >= 4 is 0 Å².